The summed E-state index contributed by atoms with van der Waals surface area (Å²) in [6.45, 7) is 7.30. The van der Waals surface area contributed by atoms with E-state index in [0.29, 0.717) is 5.92 Å². The Bertz CT molecular complexity index is 425. The molecule has 0 amide bonds. The fourth-order valence-corrected chi connectivity index (χ4v) is 2.68. The van der Waals surface area contributed by atoms with E-state index in [-0.39, 0.29) is 0 Å². The lowest BCUT2D eigenvalue weighted by Gasteiger charge is -2.16. The first kappa shape index (κ1) is 15.9. The summed E-state index contributed by atoms with van der Waals surface area (Å²) in [6, 6.07) is 6.42. The number of aryl methyl sites for hydroxylation is 1. The maximum absolute atomic E-state index is 8.57. The van der Waals surface area contributed by atoms with Crippen molar-refractivity contribution in [1.82, 2.24) is 0 Å². The van der Waals surface area contributed by atoms with Gasteiger partial charge in [0, 0.05) is 5.75 Å². The minimum atomic E-state index is 0.496. The van der Waals surface area contributed by atoms with Crippen molar-refractivity contribution in [1.29, 1.82) is 5.26 Å². The highest BCUT2D eigenvalue weighted by Gasteiger charge is 2.11. The van der Waals surface area contributed by atoms with E-state index in [1.54, 1.807) is 0 Å². The zero-order chi connectivity index (χ0) is 14.1. The molecular formula is C16H23NOS. The highest BCUT2D eigenvalue weighted by Crippen LogP contribution is 2.28. The van der Waals surface area contributed by atoms with Gasteiger partial charge < -0.3 is 4.74 Å². The number of nitriles is 1. The van der Waals surface area contributed by atoms with Crippen LogP contribution < -0.4 is 4.74 Å². The Morgan fingerprint density at radius 1 is 1.37 bits per heavy atom. The predicted molar refractivity (Wildman–Crippen MR) is 82.7 cm³/mol. The number of thioether (sulfide) groups is 1. The summed E-state index contributed by atoms with van der Waals surface area (Å²) in [5.41, 5.74) is 2.76. The molecule has 3 heteroatoms. The normalized spacial score (nSPS) is 11.9. The van der Waals surface area contributed by atoms with Gasteiger partial charge in [0.2, 0.25) is 0 Å². The van der Waals surface area contributed by atoms with Crippen LogP contribution in [0.15, 0.2) is 18.2 Å². The molecule has 0 aromatic heterocycles. The minimum absolute atomic E-state index is 0.496. The summed E-state index contributed by atoms with van der Waals surface area (Å²) in [6.07, 6.45) is 3.10. The molecule has 0 aliphatic heterocycles. The van der Waals surface area contributed by atoms with Gasteiger partial charge in [-0.05, 0) is 60.2 Å². The SMILES string of the molecule is CCCOc1ccc(C(C)CCSC#N)c(CC)c1. The molecule has 1 atom stereocenters. The molecule has 0 saturated carbocycles. The van der Waals surface area contributed by atoms with Crippen molar-refractivity contribution >= 4 is 11.8 Å². The topological polar surface area (TPSA) is 33.0 Å². The third-order valence-electron chi connectivity index (χ3n) is 3.22. The Balaban J connectivity index is 2.74. The van der Waals surface area contributed by atoms with Crippen LogP contribution >= 0.6 is 11.8 Å². The van der Waals surface area contributed by atoms with Crippen molar-refractivity contribution in [2.24, 2.45) is 0 Å². The molecule has 104 valence electrons. The predicted octanol–water partition coefficient (Wildman–Crippen LogP) is 4.75. The van der Waals surface area contributed by atoms with Gasteiger partial charge in [0.15, 0.2) is 0 Å². The molecule has 0 fully saturated rings. The number of nitrogens with zero attached hydrogens (tertiary/aromatic N) is 1. The molecule has 0 aliphatic carbocycles. The van der Waals surface area contributed by atoms with Crippen LogP contribution in [-0.4, -0.2) is 12.4 Å². The molecule has 0 aliphatic rings. The summed E-state index contributed by atoms with van der Waals surface area (Å²) in [7, 11) is 0. The van der Waals surface area contributed by atoms with Gasteiger partial charge in [0.1, 0.15) is 11.2 Å². The zero-order valence-electron chi connectivity index (χ0n) is 12.1. The number of hydrogen-bond donors (Lipinski definition) is 0. The van der Waals surface area contributed by atoms with Crippen LogP contribution in [-0.2, 0) is 6.42 Å². The number of benzene rings is 1. The summed E-state index contributed by atoms with van der Waals surface area (Å²) < 4.78 is 5.68. The Morgan fingerprint density at radius 3 is 2.79 bits per heavy atom. The molecule has 19 heavy (non-hydrogen) atoms. The fraction of sp³-hybridized carbons (Fsp3) is 0.562. The van der Waals surface area contributed by atoms with E-state index in [2.05, 4.69) is 44.4 Å². The third-order valence-corrected chi connectivity index (χ3v) is 3.79. The standard InChI is InChI=1S/C16H23NOS/c1-4-9-18-15-6-7-16(14(5-2)11-15)13(3)8-10-19-12-17/h6-7,11,13H,4-5,8-10H2,1-3H3. The number of thiocyanates is 1. The van der Waals surface area contributed by atoms with E-state index >= 15 is 0 Å². The van der Waals surface area contributed by atoms with Crippen molar-refractivity contribution < 1.29 is 4.74 Å². The Morgan fingerprint density at radius 2 is 2.16 bits per heavy atom. The van der Waals surface area contributed by atoms with Crippen molar-refractivity contribution in [3.8, 4) is 11.2 Å². The molecule has 1 aromatic carbocycles. The third kappa shape index (κ3) is 5.16. The Kier molecular flexibility index (Phi) is 7.43. The summed E-state index contributed by atoms with van der Waals surface area (Å²) >= 11 is 1.34. The van der Waals surface area contributed by atoms with Gasteiger partial charge in [-0.15, -0.1) is 0 Å². The van der Waals surface area contributed by atoms with Gasteiger partial charge in [0.05, 0.1) is 6.61 Å². The second-order valence-electron chi connectivity index (χ2n) is 4.69. The van der Waals surface area contributed by atoms with Crippen molar-refractivity contribution in [3.63, 3.8) is 0 Å². The maximum atomic E-state index is 8.57. The number of ether oxygens (including phenoxy) is 1. The van der Waals surface area contributed by atoms with Crippen molar-refractivity contribution in [3.05, 3.63) is 29.3 Å². The first-order valence-electron chi connectivity index (χ1n) is 6.99. The van der Waals surface area contributed by atoms with E-state index in [0.717, 1.165) is 37.4 Å². The lowest BCUT2D eigenvalue weighted by Crippen LogP contribution is -2.02. The van der Waals surface area contributed by atoms with E-state index < -0.39 is 0 Å². The second kappa shape index (κ2) is 8.87. The Hall–Kier alpha value is -1.14. The van der Waals surface area contributed by atoms with Crippen LogP contribution in [0.2, 0.25) is 0 Å². The average molecular weight is 277 g/mol. The number of hydrogen-bond acceptors (Lipinski definition) is 3. The molecule has 0 saturated heterocycles. The molecular weight excluding hydrogens is 254 g/mol. The molecule has 0 heterocycles. The zero-order valence-corrected chi connectivity index (χ0v) is 12.9. The van der Waals surface area contributed by atoms with Crippen molar-refractivity contribution in [2.75, 3.05) is 12.4 Å². The van der Waals surface area contributed by atoms with E-state index in [1.807, 2.05) is 0 Å². The smallest absolute Gasteiger partial charge is 0.133 e. The monoisotopic (exact) mass is 277 g/mol. The van der Waals surface area contributed by atoms with Crippen LogP contribution in [0, 0.1) is 10.7 Å². The first-order chi connectivity index (χ1) is 9.22. The van der Waals surface area contributed by atoms with Gasteiger partial charge in [0.25, 0.3) is 0 Å². The van der Waals surface area contributed by atoms with Crippen LogP contribution in [0.25, 0.3) is 0 Å². The molecule has 1 aromatic rings. The molecule has 0 radical (unpaired) electrons. The van der Waals surface area contributed by atoms with Gasteiger partial charge in [-0.1, -0.05) is 26.8 Å². The van der Waals surface area contributed by atoms with Crippen molar-refractivity contribution in [2.45, 2.75) is 46.0 Å². The maximum Gasteiger partial charge on any atom is 0.133 e. The molecule has 1 unspecified atom stereocenters. The van der Waals surface area contributed by atoms with Crippen LogP contribution in [0.1, 0.15) is 50.7 Å². The van der Waals surface area contributed by atoms with Gasteiger partial charge in [-0.25, -0.2) is 0 Å². The summed E-state index contributed by atoms with van der Waals surface area (Å²) in [5, 5.41) is 10.7. The van der Waals surface area contributed by atoms with E-state index in [4.69, 9.17) is 10.00 Å². The van der Waals surface area contributed by atoms with E-state index in [1.165, 1.54) is 22.9 Å². The highest BCUT2D eigenvalue weighted by molar-refractivity contribution is 8.03. The van der Waals surface area contributed by atoms with Gasteiger partial charge in [-0.2, -0.15) is 5.26 Å². The molecule has 0 N–H and O–H groups in total. The molecule has 0 bridgehead atoms. The fourth-order valence-electron chi connectivity index (χ4n) is 2.12. The van der Waals surface area contributed by atoms with Gasteiger partial charge in [-0.3, -0.25) is 0 Å². The largest absolute Gasteiger partial charge is 0.494 e. The van der Waals surface area contributed by atoms with Crippen LogP contribution in [0.4, 0.5) is 0 Å². The molecule has 2 nitrogen and oxygen atoms in total. The summed E-state index contributed by atoms with van der Waals surface area (Å²) in [4.78, 5) is 0. The first-order valence-corrected chi connectivity index (χ1v) is 7.97. The minimum Gasteiger partial charge on any atom is -0.494 e. The molecule has 1 rings (SSSR count). The average Bonchev–Trinajstić information content (AvgIpc) is 2.44. The second-order valence-corrected chi connectivity index (χ2v) is 5.57. The quantitative estimate of drug-likeness (QED) is 0.508. The van der Waals surface area contributed by atoms with Crippen LogP contribution in [0.5, 0.6) is 5.75 Å². The van der Waals surface area contributed by atoms with Crippen LogP contribution in [0.3, 0.4) is 0 Å². The van der Waals surface area contributed by atoms with E-state index in [9.17, 15) is 0 Å². The van der Waals surface area contributed by atoms with Gasteiger partial charge >= 0.3 is 0 Å². The summed E-state index contributed by atoms with van der Waals surface area (Å²) in [5.74, 6) is 2.37. The molecule has 0 spiro atoms. The Labute approximate surface area is 121 Å². The highest BCUT2D eigenvalue weighted by atomic mass is 32.2. The lowest BCUT2D eigenvalue weighted by molar-refractivity contribution is 0.317. The lowest BCUT2D eigenvalue weighted by atomic mass is 9.92. The number of rotatable bonds is 8.